The highest BCUT2D eigenvalue weighted by atomic mass is 32.1. The van der Waals surface area contributed by atoms with Crippen LogP contribution in [0, 0.1) is 5.82 Å². The Morgan fingerprint density at radius 1 is 1.25 bits per heavy atom. The molecule has 0 amide bonds. The maximum absolute atomic E-state index is 13.1. The van der Waals surface area contributed by atoms with Gasteiger partial charge in [-0.3, -0.25) is 0 Å². The Morgan fingerprint density at radius 3 is 2.94 bits per heavy atom. The van der Waals surface area contributed by atoms with Gasteiger partial charge in [-0.15, -0.1) is 0 Å². The molecule has 0 atom stereocenters. The maximum atomic E-state index is 13.1. The zero-order valence-corrected chi connectivity index (χ0v) is 9.78. The van der Waals surface area contributed by atoms with Crippen LogP contribution in [0.1, 0.15) is 0 Å². The first-order valence-corrected chi connectivity index (χ1v) is 5.93. The van der Waals surface area contributed by atoms with Crippen molar-refractivity contribution in [2.75, 3.05) is 4.72 Å². The Labute approximate surface area is 101 Å². The van der Waals surface area contributed by atoms with Crippen LogP contribution in [-0.2, 0) is 0 Å². The summed E-state index contributed by atoms with van der Waals surface area (Å²) in [5, 5.41) is 2.66. The molecule has 0 radical (unpaired) electrons. The first kappa shape index (κ1) is 9.86. The number of rotatable bonds is 1. The highest BCUT2D eigenvalue weighted by Crippen LogP contribution is 2.33. The topological polar surface area (TPSA) is 24.9 Å². The van der Waals surface area contributed by atoms with Crippen molar-refractivity contribution in [2.24, 2.45) is 0 Å². The first-order valence-electron chi connectivity index (χ1n) is 4.67. The van der Waals surface area contributed by atoms with E-state index >= 15 is 0 Å². The van der Waals surface area contributed by atoms with E-state index in [4.69, 9.17) is 0 Å². The number of nitrogens with one attached hydrogen (secondary N) is 1. The highest BCUT2D eigenvalue weighted by Gasteiger charge is 2.06. The Morgan fingerprint density at radius 2 is 2.12 bits per heavy atom. The standard InChI is InChI=1S/C11H7FN2S2/c12-7-2-3-8-6(5-7)1-4-9-10(8)16-11(13-9)14-15/h1-5,15H,(H,13,14). The van der Waals surface area contributed by atoms with E-state index in [1.54, 1.807) is 6.07 Å². The molecular formula is C11H7FN2S2. The van der Waals surface area contributed by atoms with E-state index in [1.165, 1.54) is 23.5 Å². The van der Waals surface area contributed by atoms with Gasteiger partial charge in [0.15, 0.2) is 5.13 Å². The lowest BCUT2D eigenvalue weighted by molar-refractivity contribution is 0.630. The second-order valence-corrected chi connectivity index (χ2v) is 4.63. The number of aromatic nitrogens is 1. The van der Waals surface area contributed by atoms with Gasteiger partial charge in [0.25, 0.3) is 0 Å². The van der Waals surface area contributed by atoms with E-state index < -0.39 is 0 Å². The molecule has 2 nitrogen and oxygen atoms in total. The molecule has 0 saturated heterocycles. The molecule has 2 aromatic carbocycles. The fraction of sp³-hybridized carbons (Fsp3) is 0. The molecular weight excluding hydrogens is 243 g/mol. The number of hydrogen-bond donors (Lipinski definition) is 2. The van der Waals surface area contributed by atoms with Gasteiger partial charge in [-0.2, -0.15) is 0 Å². The molecule has 16 heavy (non-hydrogen) atoms. The minimum Gasteiger partial charge on any atom is -0.308 e. The summed E-state index contributed by atoms with van der Waals surface area (Å²) in [6, 6.07) is 8.55. The zero-order valence-electron chi connectivity index (χ0n) is 8.07. The molecule has 0 spiro atoms. The molecule has 1 N–H and O–H groups in total. The molecule has 3 rings (SSSR count). The summed E-state index contributed by atoms with van der Waals surface area (Å²) in [6.07, 6.45) is 0. The molecule has 1 heterocycles. The van der Waals surface area contributed by atoms with E-state index in [1.807, 2.05) is 12.1 Å². The quantitative estimate of drug-likeness (QED) is 0.641. The van der Waals surface area contributed by atoms with E-state index in [0.29, 0.717) is 0 Å². The fourth-order valence-electron chi connectivity index (χ4n) is 1.73. The molecule has 0 aliphatic rings. The van der Waals surface area contributed by atoms with E-state index in [2.05, 4.69) is 22.5 Å². The Bertz CT molecular complexity index is 678. The summed E-state index contributed by atoms with van der Waals surface area (Å²) in [5.41, 5.74) is 0.903. The summed E-state index contributed by atoms with van der Waals surface area (Å²) in [5.74, 6) is -0.219. The third kappa shape index (κ3) is 1.44. The average molecular weight is 250 g/mol. The third-order valence-corrected chi connectivity index (χ3v) is 3.81. The van der Waals surface area contributed by atoms with Gasteiger partial charge >= 0.3 is 0 Å². The molecule has 80 valence electrons. The van der Waals surface area contributed by atoms with Crippen molar-refractivity contribution in [2.45, 2.75) is 0 Å². The largest absolute Gasteiger partial charge is 0.308 e. The molecule has 0 aliphatic heterocycles. The summed E-state index contributed by atoms with van der Waals surface area (Å²) < 4.78 is 16.8. The van der Waals surface area contributed by atoms with Gasteiger partial charge in [0.05, 0.1) is 10.2 Å². The maximum Gasteiger partial charge on any atom is 0.193 e. The number of thiazole rings is 1. The zero-order chi connectivity index (χ0) is 11.1. The lowest BCUT2D eigenvalue weighted by Crippen LogP contribution is -1.77. The Hall–Kier alpha value is -1.33. The van der Waals surface area contributed by atoms with Crippen LogP contribution in [-0.4, -0.2) is 4.98 Å². The second-order valence-electron chi connectivity index (χ2n) is 3.41. The average Bonchev–Trinajstić information content (AvgIpc) is 2.71. The van der Waals surface area contributed by atoms with Crippen LogP contribution in [0.3, 0.4) is 0 Å². The van der Waals surface area contributed by atoms with Crippen molar-refractivity contribution in [3.05, 3.63) is 36.1 Å². The van der Waals surface area contributed by atoms with E-state index in [9.17, 15) is 4.39 Å². The number of thiol groups is 1. The van der Waals surface area contributed by atoms with E-state index in [0.717, 1.165) is 26.1 Å². The van der Waals surface area contributed by atoms with Gasteiger partial charge in [-0.25, -0.2) is 9.37 Å². The van der Waals surface area contributed by atoms with Crippen LogP contribution in [0.15, 0.2) is 30.3 Å². The second kappa shape index (κ2) is 3.61. The van der Waals surface area contributed by atoms with Crippen molar-refractivity contribution in [3.8, 4) is 0 Å². The monoisotopic (exact) mass is 250 g/mol. The van der Waals surface area contributed by atoms with Crippen molar-refractivity contribution in [1.82, 2.24) is 4.98 Å². The minimum absolute atomic E-state index is 0.219. The van der Waals surface area contributed by atoms with E-state index in [-0.39, 0.29) is 5.82 Å². The molecule has 0 aliphatic carbocycles. The summed E-state index contributed by atoms with van der Waals surface area (Å²) in [7, 11) is 0. The number of halogens is 1. The van der Waals surface area contributed by atoms with Gasteiger partial charge in [0, 0.05) is 5.39 Å². The smallest absolute Gasteiger partial charge is 0.193 e. The normalized spacial score (nSPS) is 11.1. The molecule has 3 aromatic rings. The number of anilines is 1. The predicted molar refractivity (Wildman–Crippen MR) is 69.7 cm³/mol. The van der Waals surface area contributed by atoms with Crippen molar-refractivity contribution in [3.63, 3.8) is 0 Å². The van der Waals surface area contributed by atoms with Crippen LogP contribution in [0.25, 0.3) is 21.0 Å². The van der Waals surface area contributed by atoms with Crippen LogP contribution in [0.4, 0.5) is 9.52 Å². The molecule has 0 saturated carbocycles. The molecule has 0 unspecified atom stereocenters. The van der Waals surface area contributed by atoms with Crippen LogP contribution in [0.2, 0.25) is 0 Å². The SMILES string of the molecule is Fc1ccc2c(ccc3nc(NS)sc32)c1. The van der Waals surface area contributed by atoms with Crippen molar-refractivity contribution < 1.29 is 4.39 Å². The van der Waals surface area contributed by atoms with Crippen LogP contribution in [0.5, 0.6) is 0 Å². The summed E-state index contributed by atoms with van der Waals surface area (Å²) >= 11 is 5.48. The predicted octanol–water partition coefficient (Wildman–Crippen LogP) is 3.85. The van der Waals surface area contributed by atoms with Gasteiger partial charge < -0.3 is 4.72 Å². The number of nitrogens with zero attached hydrogens (tertiary/aromatic N) is 1. The van der Waals surface area contributed by atoms with Crippen molar-refractivity contribution >= 4 is 50.3 Å². The minimum atomic E-state index is -0.219. The van der Waals surface area contributed by atoms with Crippen LogP contribution < -0.4 is 4.72 Å². The third-order valence-electron chi connectivity index (χ3n) is 2.43. The molecule has 0 bridgehead atoms. The Kier molecular flexibility index (Phi) is 2.22. The van der Waals surface area contributed by atoms with Crippen LogP contribution >= 0.6 is 24.2 Å². The molecule has 5 heteroatoms. The van der Waals surface area contributed by atoms with Gasteiger partial charge in [-0.1, -0.05) is 30.2 Å². The number of fused-ring (bicyclic) bond motifs is 3. The highest BCUT2D eigenvalue weighted by molar-refractivity contribution is 7.82. The lowest BCUT2D eigenvalue weighted by atomic mass is 10.1. The molecule has 1 aromatic heterocycles. The Balaban J connectivity index is 2.43. The number of hydrogen-bond acceptors (Lipinski definition) is 4. The fourth-order valence-corrected chi connectivity index (χ4v) is 2.82. The number of benzene rings is 2. The summed E-state index contributed by atoms with van der Waals surface area (Å²) in [6.45, 7) is 0. The first-order chi connectivity index (χ1) is 7.78. The molecule has 0 fully saturated rings. The van der Waals surface area contributed by atoms with Gasteiger partial charge in [-0.05, 0) is 29.7 Å². The summed E-state index contributed by atoms with van der Waals surface area (Å²) in [4.78, 5) is 4.34. The van der Waals surface area contributed by atoms with Crippen molar-refractivity contribution in [1.29, 1.82) is 0 Å². The lowest BCUT2D eigenvalue weighted by Gasteiger charge is -1.97. The van der Waals surface area contributed by atoms with Gasteiger partial charge in [0.1, 0.15) is 5.82 Å². The van der Waals surface area contributed by atoms with Gasteiger partial charge in [0.2, 0.25) is 0 Å².